The van der Waals surface area contributed by atoms with Crippen LogP contribution in [0.3, 0.4) is 0 Å². The highest BCUT2D eigenvalue weighted by atomic mass is 32.2. The molecule has 1 fully saturated rings. The molecular formula is C18H19FN2O3S. The Bertz CT molecular complexity index is 856. The van der Waals surface area contributed by atoms with Crippen molar-refractivity contribution < 1.29 is 17.6 Å². The lowest BCUT2D eigenvalue weighted by molar-refractivity contribution is -0.120. The monoisotopic (exact) mass is 362 g/mol. The number of nitrogens with zero attached hydrogens (tertiary/aromatic N) is 1. The van der Waals surface area contributed by atoms with Crippen LogP contribution >= 0.6 is 0 Å². The molecular weight excluding hydrogens is 343 g/mol. The summed E-state index contributed by atoms with van der Waals surface area (Å²) in [6.07, 6.45) is 1.91. The van der Waals surface area contributed by atoms with Gasteiger partial charge in [-0.15, -0.1) is 0 Å². The van der Waals surface area contributed by atoms with Crippen molar-refractivity contribution in [3.8, 4) is 0 Å². The maximum Gasteiger partial charge on any atom is 0.243 e. The Morgan fingerprint density at radius 1 is 1.08 bits per heavy atom. The van der Waals surface area contributed by atoms with Crippen molar-refractivity contribution in [3.05, 3.63) is 60.4 Å². The normalized spacial score (nSPS) is 18.7. The highest BCUT2D eigenvalue weighted by Gasteiger charge is 2.37. The number of benzene rings is 2. The molecule has 1 amide bonds. The Balaban J connectivity index is 1.84. The smallest absolute Gasteiger partial charge is 0.243 e. The predicted molar refractivity (Wildman–Crippen MR) is 93.0 cm³/mol. The lowest BCUT2D eigenvalue weighted by Crippen LogP contribution is -2.49. The van der Waals surface area contributed by atoms with Gasteiger partial charge in [-0.25, -0.2) is 12.8 Å². The molecule has 0 aliphatic carbocycles. The number of amides is 1. The number of hydrogen-bond donors (Lipinski definition) is 1. The Morgan fingerprint density at radius 3 is 2.56 bits per heavy atom. The van der Waals surface area contributed by atoms with Crippen molar-refractivity contribution in [1.82, 2.24) is 4.31 Å². The summed E-state index contributed by atoms with van der Waals surface area (Å²) in [6, 6.07) is 12.8. The minimum Gasteiger partial charge on any atom is -0.325 e. The lowest BCUT2D eigenvalue weighted by atomic mass is 10.0. The summed E-state index contributed by atoms with van der Waals surface area (Å²) in [4.78, 5) is 12.8. The van der Waals surface area contributed by atoms with Crippen LogP contribution in [0, 0.1) is 5.82 Å². The van der Waals surface area contributed by atoms with Crippen LogP contribution in [0.5, 0.6) is 0 Å². The second kappa shape index (κ2) is 7.33. The molecule has 5 nitrogen and oxygen atoms in total. The minimum absolute atomic E-state index is 0.167. The standard InChI is InChI=1S/C18H19FN2O3S/c19-14-7-6-8-15(13-14)20-18(22)17-11-4-5-12-21(17)25(23,24)16-9-2-1-3-10-16/h1-3,6-10,13,17H,4-5,11-12H2,(H,20,22). The van der Waals surface area contributed by atoms with Crippen LogP contribution in [0.4, 0.5) is 10.1 Å². The number of piperidine rings is 1. The number of sulfonamides is 1. The zero-order chi connectivity index (χ0) is 17.9. The molecule has 1 aliphatic rings. The fourth-order valence-corrected chi connectivity index (χ4v) is 4.65. The molecule has 1 aliphatic heterocycles. The second-order valence-electron chi connectivity index (χ2n) is 5.94. The molecule has 1 N–H and O–H groups in total. The Morgan fingerprint density at radius 2 is 1.84 bits per heavy atom. The topological polar surface area (TPSA) is 66.5 Å². The number of hydrogen-bond acceptors (Lipinski definition) is 3. The van der Waals surface area contributed by atoms with Crippen molar-refractivity contribution >= 4 is 21.6 Å². The first-order valence-electron chi connectivity index (χ1n) is 8.12. The van der Waals surface area contributed by atoms with E-state index in [0.29, 0.717) is 25.1 Å². The summed E-state index contributed by atoms with van der Waals surface area (Å²) < 4.78 is 40.3. The summed E-state index contributed by atoms with van der Waals surface area (Å²) in [5.41, 5.74) is 0.313. The molecule has 1 heterocycles. The van der Waals surface area contributed by atoms with Crippen molar-refractivity contribution in [3.63, 3.8) is 0 Å². The highest BCUT2D eigenvalue weighted by molar-refractivity contribution is 7.89. The molecule has 0 saturated carbocycles. The highest BCUT2D eigenvalue weighted by Crippen LogP contribution is 2.26. The summed E-state index contributed by atoms with van der Waals surface area (Å²) in [6.45, 7) is 0.290. The van der Waals surface area contributed by atoms with E-state index in [1.165, 1.54) is 34.6 Å². The third-order valence-electron chi connectivity index (χ3n) is 4.20. The van der Waals surface area contributed by atoms with Gasteiger partial charge in [0.15, 0.2) is 0 Å². The first-order valence-corrected chi connectivity index (χ1v) is 9.56. The molecule has 2 aromatic carbocycles. The van der Waals surface area contributed by atoms with Gasteiger partial charge in [0.2, 0.25) is 15.9 Å². The molecule has 0 bridgehead atoms. The average Bonchev–Trinajstić information content (AvgIpc) is 2.62. The Kier molecular flexibility index (Phi) is 5.15. The van der Waals surface area contributed by atoms with Gasteiger partial charge in [-0.3, -0.25) is 4.79 Å². The number of carbonyl (C=O) groups is 1. The second-order valence-corrected chi connectivity index (χ2v) is 7.83. The summed E-state index contributed by atoms with van der Waals surface area (Å²) in [5, 5.41) is 2.62. The van der Waals surface area contributed by atoms with Gasteiger partial charge in [-0.05, 0) is 43.2 Å². The van der Waals surface area contributed by atoms with E-state index < -0.39 is 27.8 Å². The van der Waals surface area contributed by atoms with Gasteiger partial charge < -0.3 is 5.32 Å². The van der Waals surface area contributed by atoms with Crippen LogP contribution in [0.2, 0.25) is 0 Å². The SMILES string of the molecule is O=C(Nc1cccc(F)c1)C1CCCCN1S(=O)(=O)c1ccccc1. The summed E-state index contributed by atoms with van der Waals surface area (Å²) in [7, 11) is -3.76. The molecule has 3 rings (SSSR count). The van der Waals surface area contributed by atoms with E-state index in [-0.39, 0.29) is 4.90 Å². The van der Waals surface area contributed by atoms with E-state index in [4.69, 9.17) is 0 Å². The third-order valence-corrected chi connectivity index (χ3v) is 6.12. The fourth-order valence-electron chi connectivity index (χ4n) is 2.97. The van der Waals surface area contributed by atoms with Crippen LogP contribution in [0.15, 0.2) is 59.5 Å². The van der Waals surface area contributed by atoms with Gasteiger partial charge in [0.25, 0.3) is 0 Å². The van der Waals surface area contributed by atoms with E-state index in [0.717, 1.165) is 6.42 Å². The molecule has 0 radical (unpaired) electrons. The largest absolute Gasteiger partial charge is 0.325 e. The number of anilines is 1. The molecule has 1 saturated heterocycles. The average molecular weight is 362 g/mol. The van der Waals surface area contributed by atoms with Gasteiger partial charge in [0, 0.05) is 12.2 Å². The zero-order valence-corrected chi connectivity index (χ0v) is 14.4. The van der Waals surface area contributed by atoms with E-state index in [2.05, 4.69) is 5.32 Å². The molecule has 0 aromatic heterocycles. The molecule has 7 heteroatoms. The maximum absolute atomic E-state index is 13.3. The van der Waals surface area contributed by atoms with Crippen LogP contribution in [-0.2, 0) is 14.8 Å². The lowest BCUT2D eigenvalue weighted by Gasteiger charge is -2.33. The van der Waals surface area contributed by atoms with Crippen LogP contribution in [0.1, 0.15) is 19.3 Å². The predicted octanol–water partition coefficient (Wildman–Crippen LogP) is 3.01. The minimum atomic E-state index is -3.76. The maximum atomic E-state index is 13.3. The summed E-state index contributed by atoms with van der Waals surface area (Å²) in [5.74, 6) is -0.903. The van der Waals surface area contributed by atoms with E-state index in [1.54, 1.807) is 24.3 Å². The number of halogens is 1. The van der Waals surface area contributed by atoms with Crippen molar-refractivity contribution in [2.45, 2.75) is 30.2 Å². The number of rotatable bonds is 4. The Labute approximate surface area is 146 Å². The Hall–Kier alpha value is -2.25. The van der Waals surface area contributed by atoms with Crippen LogP contribution in [0.25, 0.3) is 0 Å². The van der Waals surface area contributed by atoms with Crippen LogP contribution < -0.4 is 5.32 Å². The van der Waals surface area contributed by atoms with Crippen molar-refractivity contribution in [2.24, 2.45) is 0 Å². The summed E-state index contributed by atoms with van der Waals surface area (Å²) >= 11 is 0. The van der Waals surface area contributed by atoms with Crippen molar-refractivity contribution in [2.75, 3.05) is 11.9 Å². The van der Waals surface area contributed by atoms with Gasteiger partial charge in [0.1, 0.15) is 11.9 Å². The quantitative estimate of drug-likeness (QED) is 0.909. The van der Waals surface area contributed by atoms with Crippen LogP contribution in [-0.4, -0.2) is 31.2 Å². The molecule has 1 unspecified atom stereocenters. The third kappa shape index (κ3) is 3.88. The molecule has 132 valence electrons. The molecule has 0 spiro atoms. The van der Waals surface area contributed by atoms with E-state index in [1.807, 2.05) is 0 Å². The van der Waals surface area contributed by atoms with E-state index >= 15 is 0 Å². The number of carbonyl (C=O) groups excluding carboxylic acids is 1. The molecule has 1 atom stereocenters. The van der Waals surface area contributed by atoms with Gasteiger partial charge in [-0.1, -0.05) is 30.7 Å². The zero-order valence-electron chi connectivity index (χ0n) is 13.6. The molecule has 2 aromatic rings. The first kappa shape index (κ1) is 17.6. The molecule has 25 heavy (non-hydrogen) atoms. The van der Waals surface area contributed by atoms with Crippen molar-refractivity contribution in [1.29, 1.82) is 0 Å². The fraction of sp³-hybridized carbons (Fsp3) is 0.278. The number of nitrogens with one attached hydrogen (secondary N) is 1. The first-order chi connectivity index (χ1) is 12.0. The van der Waals surface area contributed by atoms with Gasteiger partial charge >= 0.3 is 0 Å². The van der Waals surface area contributed by atoms with Gasteiger partial charge in [-0.2, -0.15) is 4.31 Å². The van der Waals surface area contributed by atoms with Gasteiger partial charge in [0.05, 0.1) is 4.90 Å². The van der Waals surface area contributed by atoms with E-state index in [9.17, 15) is 17.6 Å².